The van der Waals surface area contributed by atoms with Crippen LogP contribution in [0.15, 0.2) is 0 Å². The SMILES string of the molecule is Cn1nnc(C(C)(C)C)n1.Cn1nnc(C(F)(C(F)(F)F)C(F)(F)F)n1.Cn1nnc(C(F)F)n1.Cn1nnnc1C(F)(C(F)(F)F)C(F)(F)F.Cn1nnnc1C(F)(F)F. The highest BCUT2D eigenvalue weighted by atomic mass is 19.4. The number of nitrogens with zero attached hydrogens (tertiary/aromatic N) is 20. The van der Waals surface area contributed by atoms with Gasteiger partial charge in [0.05, 0.1) is 21.1 Å². The Morgan fingerprint density at radius 2 is 0.754 bits per heavy atom. The first-order chi connectivity index (χ1) is 27.2. The van der Waals surface area contributed by atoms with E-state index in [2.05, 4.69) is 98.1 Å². The number of hydrogen-bond donors (Lipinski definition) is 0. The second-order valence-corrected chi connectivity index (χ2v) is 12.0. The van der Waals surface area contributed by atoms with Crippen LogP contribution in [0.4, 0.5) is 83.4 Å². The van der Waals surface area contributed by atoms with Gasteiger partial charge in [-0.2, -0.15) is 80.2 Å². The molecular weight excluding hydrogens is 905 g/mol. The molecule has 0 unspecified atom stereocenters. The Balaban J connectivity index is 0.000000389. The second-order valence-electron chi connectivity index (χ2n) is 12.0. The van der Waals surface area contributed by atoms with Crippen molar-refractivity contribution in [2.45, 2.75) is 74.8 Å². The summed E-state index contributed by atoms with van der Waals surface area (Å²) in [6.45, 7) is 6.18. The molecule has 5 aromatic heterocycles. The summed E-state index contributed by atoms with van der Waals surface area (Å²) >= 11 is 0. The molecule has 0 amide bonds. The van der Waals surface area contributed by atoms with E-state index in [0.717, 1.165) is 24.7 Å². The van der Waals surface area contributed by atoms with Crippen LogP contribution in [0.2, 0.25) is 0 Å². The van der Waals surface area contributed by atoms with Crippen LogP contribution < -0.4 is 0 Å². The van der Waals surface area contributed by atoms with E-state index in [1.807, 2.05) is 0 Å². The molecule has 5 heterocycles. The van der Waals surface area contributed by atoms with Crippen LogP contribution in [0.1, 0.15) is 56.3 Å². The second kappa shape index (κ2) is 18.7. The fraction of sp³-hybridized carbons (Fsp3) is 0.773. The van der Waals surface area contributed by atoms with E-state index in [9.17, 15) is 83.4 Å². The lowest BCUT2D eigenvalue weighted by atomic mass is 9.96. The average molecular weight is 931 g/mol. The monoisotopic (exact) mass is 930 g/mol. The van der Waals surface area contributed by atoms with Crippen molar-refractivity contribution in [1.29, 1.82) is 0 Å². The van der Waals surface area contributed by atoms with Gasteiger partial charge in [0.15, 0.2) is 5.82 Å². The third-order valence-corrected chi connectivity index (χ3v) is 6.08. The Labute approximate surface area is 324 Å². The van der Waals surface area contributed by atoms with Crippen molar-refractivity contribution in [3.8, 4) is 0 Å². The van der Waals surface area contributed by atoms with E-state index in [-0.39, 0.29) is 10.1 Å². The summed E-state index contributed by atoms with van der Waals surface area (Å²) in [6.07, 6.45) is -31.9. The van der Waals surface area contributed by atoms with Gasteiger partial charge in [-0.3, -0.25) is 0 Å². The first-order valence-electron chi connectivity index (χ1n) is 14.9. The Hall–Kier alpha value is -5.98. The minimum absolute atomic E-state index is 0.00819. The molecule has 0 bridgehead atoms. The van der Waals surface area contributed by atoms with Gasteiger partial charge in [0.2, 0.25) is 17.5 Å². The van der Waals surface area contributed by atoms with Crippen LogP contribution in [-0.4, -0.2) is 126 Å². The number of hydrogen-bond acceptors (Lipinski definition) is 15. The Bertz CT molecular complexity index is 2050. The zero-order valence-electron chi connectivity index (χ0n) is 31.2. The molecule has 0 aliphatic carbocycles. The molecule has 0 aliphatic heterocycles. The summed E-state index contributed by atoms with van der Waals surface area (Å²) in [4.78, 5) is 2.75. The fourth-order valence-electron chi connectivity index (χ4n) is 3.21. The van der Waals surface area contributed by atoms with Gasteiger partial charge in [0.1, 0.15) is 0 Å². The summed E-state index contributed by atoms with van der Waals surface area (Å²) in [5.41, 5.74) is -11.2. The lowest BCUT2D eigenvalue weighted by molar-refractivity contribution is -0.352. The number of aryl methyl sites for hydroxylation is 5. The maximum Gasteiger partial charge on any atom is 0.453 e. The normalized spacial score (nSPS) is 13.0. The Morgan fingerprint density at radius 1 is 0.410 bits per heavy atom. The number of halogens is 19. The van der Waals surface area contributed by atoms with Crippen LogP contribution in [0, 0.1) is 0 Å². The van der Waals surface area contributed by atoms with Crippen molar-refractivity contribution in [1.82, 2.24) is 101 Å². The predicted octanol–water partition coefficient (Wildman–Crippen LogP) is 3.88. The largest absolute Gasteiger partial charge is 0.453 e. The lowest BCUT2D eigenvalue weighted by Crippen LogP contribution is -2.52. The highest BCUT2D eigenvalue weighted by Crippen LogP contribution is 2.53. The van der Waals surface area contributed by atoms with Gasteiger partial charge < -0.3 is 0 Å². The zero-order chi connectivity index (χ0) is 48.0. The highest BCUT2D eigenvalue weighted by molar-refractivity contribution is 5.09. The molecule has 0 saturated carbocycles. The van der Waals surface area contributed by atoms with Gasteiger partial charge >= 0.3 is 48.6 Å². The smallest absolute Gasteiger partial charge is 0.229 e. The molecule has 39 heteroatoms. The van der Waals surface area contributed by atoms with E-state index in [0.29, 0.717) is 16.5 Å². The van der Waals surface area contributed by atoms with Crippen LogP contribution in [0.3, 0.4) is 0 Å². The molecular formula is C22H25F19N20. The minimum atomic E-state index is -6.21. The Morgan fingerprint density at radius 3 is 0.951 bits per heavy atom. The third-order valence-electron chi connectivity index (χ3n) is 6.08. The van der Waals surface area contributed by atoms with Crippen molar-refractivity contribution in [3.05, 3.63) is 29.1 Å². The van der Waals surface area contributed by atoms with Crippen molar-refractivity contribution < 1.29 is 83.4 Å². The van der Waals surface area contributed by atoms with E-state index < -0.39 is 71.9 Å². The molecule has 0 N–H and O–H groups in total. The van der Waals surface area contributed by atoms with Crippen molar-refractivity contribution in [2.24, 2.45) is 35.2 Å². The van der Waals surface area contributed by atoms with Gasteiger partial charge in [0.25, 0.3) is 5.82 Å². The molecule has 5 aromatic rings. The predicted molar refractivity (Wildman–Crippen MR) is 152 cm³/mol. The van der Waals surface area contributed by atoms with Crippen LogP contribution in [0.25, 0.3) is 0 Å². The van der Waals surface area contributed by atoms with Gasteiger partial charge in [-0.25, -0.2) is 26.9 Å². The minimum Gasteiger partial charge on any atom is -0.229 e. The van der Waals surface area contributed by atoms with Crippen molar-refractivity contribution >= 4 is 0 Å². The third kappa shape index (κ3) is 13.3. The molecule has 0 spiro atoms. The molecule has 20 nitrogen and oxygen atoms in total. The molecule has 0 saturated heterocycles. The van der Waals surface area contributed by atoms with Gasteiger partial charge in [-0.05, 0) is 36.5 Å². The first kappa shape index (κ1) is 53.0. The first-order valence-corrected chi connectivity index (χ1v) is 14.9. The summed E-state index contributed by atoms with van der Waals surface area (Å²) in [6, 6.07) is 0. The maximum atomic E-state index is 13.2. The summed E-state index contributed by atoms with van der Waals surface area (Å²) in [5, 5.41) is 45.3. The van der Waals surface area contributed by atoms with Gasteiger partial charge in [-0.15, -0.1) is 40.8 Å². The molecule has 0 aliphatic rings. The van der Waals surface area contributed by atoms with Gasteiger partial charge in [0, 0.05) is 19.5 Å². The maximum absolute atomic E-state index is 13.2. The standard InChI is InChI=1S/C6H12N4.2C5H3F7N4.C3H3F3N4.C3H4F2N4/c1-6(2,3)5-7-9-10(4)8-5;1-16-2(13-14-15-16)3(6,4(7,8)9)5(10,11)12;1-16-14-2(13-15-16)3(6,4(7,8)9)5(10,11)12;1-10-2(3(4,5)6)7-8-9-10;1-9-7-3(2(4)5)6-8-9/h1-4H3;2*1H3;1H3;2H,1H3. The molecule has 5 rings (SSSR count). The van der Waals surface area contributed by atoms with Crippen LogP contribution in [0.5, 0.6) is 0 Å². The van der Waals surface area contributed by atoms with Crippen molar-refractivity contribution in [3.63, 3.8) is 0 Å². The summed E-state index contributed by atoms with van der Waals surface area (Å²) in [7, 11) is 5.90. The van der Waals surface area contributed by atoms with E-state index >= 15 is 0 Å². The molecule has 0 aromatic carbocycles. The van der Waals surface area contributed by atoms with Crippen LogP contribution in [-0.2, 0) is 58.2 Å². The number of rotatable bonds is 3. The van der Waals surface area contributed by atoms with E-state index in [1.54, 1.807) is 7.05 Å². The Kier molecular flexibility index (Phi) is 16.3. The van der Waals surface area contributed by atoms with E-state index in [4.69, 9.17) is 0 Å². The summed E-state index contributed by atoms with van der Waals surface area (Å²) < 4.78 is 231. The lowest BCUT2D eigenvalue weighted by Gasteiger charge is -2.27. The fourth-order valence-corrected chi connectivity index (χ4v) is 3.21. The molecule has 0 atom stereocenters. The number of alkyl halides is 19. The number of aromatic nitrogens is 20. The van der Waals surface area contributed by atoms with Crippen LogP contribution >= 0.6 is 0 Å². The van der Waals surface area contributed by atoms with Gasteiger partial charge in [-0.1, -0.05) is 20.8 Å². The number of tetrazole rings is 5. The topological polar surface area (TPSA) is 218 Å². The molecule has 0 radical (unpaired) electrons. The average Bonchev–Trinajstić information content (AvgIpc) is 3.92. The highest BCUT2D eigenvalue weighted by Gasteiger charge is 2.77. The molecule has 0 fully saturated rings. The molecule has 346 valence electrons. The van der Waals surface area contributed by atoms with E-state index in [1.165, 1.54) is 11.8 Å². The quantitative estimate of drug-likeness (QED) is 0.235. The van der Waals surface area contributed by atoms with Crippen molar-refractivity contribution in [2.75, 3.05) is 0 Å². The molecule has 61 heavy (non-hydrogen) atoms. The zero-order valence-corrected chi connectivity index (χ0v) is 31.2. The summed E-state index contributed by atoms with van der Waals surface area (Å²) in [5.74, 6) is -4.89.